The average Bonchev–Trinajstić information content (AvgIpc) is 3.10. The first-order valence-electron chi connectivity index (χ1n) is 6.89. The molecule has 0 saturated heterocycles. The van der Waals surface area contributed by atoms with Gasteiger partial charge in [0.2, 0.25) is 0 Å². The fourth-order valence-corrected chi connectivity index (χ4v) is 2.92. The average molecular weight is 293 g/mol. The number of hydrogen-bond donors (Lipinski definition) is 2. The van der Waals surface area contributed by atoms with E-state index in [0.29, 0.717) is 10.4 Å². The van der Waals surface area contributed by atoms with Crippen LogP contribution in [0.1, 0.15) is 47.8 Å². The molecular weight excluding hydrogens is 274 g/mol. The third-order valence-corrected chi connectivity index (χ3v) is 4.38. The van der Waals surface area contributed by atoms with E-state index in [-0.39, 0.29) is 11.9 Å². The van der Waals surface area contributed by atoms with Gasteiger partial charge in [-0.15, -0.1) is 11.3 Å². The lowest BCUT2D eigenvalue weighted by molar-refractivity contribution is -0.131. The molecule has 0 bridgehead atoms. The van der Waals surface area contributed by atoms with Crippen LogP contribution in [0.5, 0.6) is 0 Å². The van der Waals surface area contributed by atoms with E-state index in [4.69, 9.17) is 5.11 Å². The van der Waals surface area contributed by atoms with Crippen LogP contribution in [0.15, 0.2) is 17.5 Å². The molecule has 1 atom stereocenters. The number of nitrogens with one attached hydrogen (secondary N) is 1. The van der Waals surface area contributed by atoms with Crippen molar-refractivity contribution in [1.82, 2.24) is 5.32 Å². The maximum absolute atomic E-state index is 12.3. The second-order valence-electron chi connectivity index (χ2n) is 5.13. The molecule has 1 unspecified atom stereocenters. The maximum Gasteiger partial charge on any atom is 0.328 e. The highest BCUT2D eigenvalue weighted by Gasteiger charge is 2.26. The molecule has 2 rings (SSSR count). The van der Waals surface area contributed by atoms with Gasteiger partial charge in [-0.05, 0) is 41.8 Å². The van der Waals surface area contributed by atoms with Crippen molar-refractivity contribution in [2.45, 2.75) is 38.6 Å². The van der Waals surface area contributed by atoms with Crippen LogP contribution in [-0.4, -0.2) is 23.0 Å². The fourth-order valence-electron chi connectivity index (χ4n) is 2.13. The number of aliphatic carboxylic acids is 1. The highest BCUT2D eigenvalue weighted by atomic mass is 32.1. The SMILES string of the molecule is CCC(CC1CC1)NC(=O)c1sccc1C=CC(=O)O. The zero-order valence-electron chi connectivity index (χ0n) is 11.5. The van der Waals surface area contributed by atoms with Crippen molar-refractivity contribution in [3.63, 3.8) is 0 Å². The third-order valence-electron chi connectivity index (χ3n) is 3.45. The summed E-state index contributed by atoms with van der Waals surface area (Å²) in [7, 11) is 0. The Morgan fingerprint density at radius 3 is 2.90 bits per heavy atom. The first-order valence-corrected chi connectivity index (χ1v) is 7.77. The van der Waals surface area contributed by atoms with Gasteiger partial charge in [-0.2, -0.15) is 0 Å². The van der Waals surface area contributed by atoms with Gasteiger partial charge in [0.1, 0.15) is 0 Å². The van der Waals surface area contributed by atoms with Crippen molar-refractivity contribution in [2.24, 2.45) is 5.92 Å². The zero-order chi connectivity index (χ0) is 14.5. The van der Waals surface area contributed by atoms with Crippen LogP contribution in [0.25, 0.3) is 6.08 Å². The first-order chi connectivity index (χ1) is 9.60. The van der Waals surface area contributed by atoms with Crippen molar-refractivity contribution < 1.29 is 14.7 Å². The van der Waals surface area contributed by atoms with Gasteiger partial charge in [-0.3, -0.25) is 4.79 Å². The largest absolute Gasteiger partial charge is 0.478 e. The van der Waals surface area contributed by atoms with Crippen LogP contribution in [0.3, 0.4) is 0 Å². The van der Waals surface area contributed by atoms with Crippen molar-refractivity contribution in [1.29, 1.82) is 0 Å². The molecule has 1 aliphatic rings. The van der Waals surface area contributed by atoms with Crippen LogP contribution >= 0.6 is 11.3 Å². The van der Waals surface area contributed by atoms with Gasteiger partial charge in [0.25, 0.3) is 5.91 Å². The van der Waals surface area contributed by atoms with Crippen LogP contribution in [0, 0.1) is 5.92 Å². The van der Waals surface area contributed by atoms with Crippen molar-refractivity contribution in [2.75, 3.05) is 0 Å². The minimum absolute atomic E-state index is 0.0995. The molecule has 108 valence electrons. The highest BCUT2D eigenvalue weighted by Crippen LogP contribution is 2.34. The van der Waals surface area contributed by atoms with E-state index in [1.807, 2.05) is 0 Å². The van der Waals surface area contributed by atoms with E-state index in [9.17, 15) is 9.59 Å². The minimum atomic E-state index is -1.01. The smallest absolute Gasteiger partial charge is 0.328 e. The molecule has 4 nitrogen and oxygen atoms in total. The maximum atomic E-state index is 12.3. The van der Waals surface area contributed by atoms with Crippen molar-refractivity contribution in [3.05, 3.63) is 28.0 Å². The number of carbonyl (C=O) groups excluding carboxylic acids is 1. The Kier molecular flexibility index (Phi) is 4.95. The minimum Gasteiger partial charge on any atom is -0.478 e. The molecule has 1 amide bonds. The number of amides is 1. The number of rotatable bonds is 7. The standard InChI is InChI=1S/C15H19NO3S/c1-2-12(9-10-3-4-10)16-15(19)14-11(7-8-20-14)5-6-13(17)18/h5-8,10,12H,2-4,9H2,1H3,(H,16,19)(H,17,18). The number of thiophene rings is 1. The van der Waals surface area contributed by atoms with E-state index >= 15 is 0 Å². The summed E-state index contributed by atoms with van der Waals surface area (Å²) in [5, 5.41) is 13.5. The normalized spacial score (nSPS) is 16.2. The Morgan fingerprint density at radius 2 is 2.30 bits per heavy atom. The number of carboxylic acids is 1. The Bertz CT molecular complexity index is 517. The molecule has 1 aromatic rings. The van der Waals surface area contributed by atoms with Crippen LogP contribution in [0.4, 0.5) is 0 Å². The van der Waals surface area contributed by atoms with Crippen molar-refractivity contribution in [3.8, 4) is 0 Å². The summed E-state index contributed by atoms with van der Waals surface area (Å²) in [5.74, 6) is -0.338. The lowest BCUT2D eigenvalue weighted by atomic mass is 10.1. The zero-order valence-corrected chi connectivity index (χ0v) is 12.3. The second-order valence-corrected chi connectivity index (χ2v) is 6.05. The topological polar surface area (TPSA) is 66.4 Å². The molecule has 0 aliphatic heterocycles. The summed E-state index contributed by atoms with van der Waals surface area (Å²) >= 11 is 1.34. The highest BCUT2D eigenvalue weighted by molar-refractivity contribution is 7.12. The van der Waals surface area contributed by atoms with Gasteiger partial charge in [0, 0.05) is 12.1 Å². The van der Waals surface area contributed by atoms with Crippen LogP contribution < -0.4 is 5.32 Å². The Balaban J connectivity index is 2.00. The van der Waals surface area contributed by atoms with Crippen LogP contribution in [-0.2, 0) is 4.79 Å². The molecular formula is C15H19NO3S. The van der Waals surface area contributed by atoms with Gasteiger partial charge in [-0.1, -0.05) is 19.8 Å². The van der Waals surface area contributed by atoms with E-state index in [1.54, 1.807) is 11.4 Å². The number of hydrogen-bond acceptors (Lipinski definition) is 3. The number of carboxylic acid groups (broad SMARTS) is 1. The predicted molar refractivity (Wildman–Crippen MR) is 79.9 cm³/mol. The molecule has 20 heavy (non-hydrogen) atoms. The third kappa shape index (κ3) is 4.20. The quantitative estimate of drug-likeness (QED) is 0.759. The monoisotopic (exact) mass is 293 g/mol. The number of carbonyl (C=O) groups is 2. The summed E-state index contributed by atoms with van der Waals surface area (Å²) in [4.78, 5) is 23.4. The molecule has 1 saturated carbocycles. The summed E-state index contributed by atoms with van der Waals surface area (Å²) in [6.45, 7) is 2.08. The molecule has 1 aromatic heterocycles. The Morgan fingerprint density at radius 1 is 1.55 bits per heavy atom. The summed E-state index contributed by atoms with van der Waals surface area (Å²) < 4.78 is 0. The van der Waals surface area contributed by atoms with Gasteiger partial charge < -0.3 is 10.4 Å². The molecule has 5 heteroatoms. The van der Waals surface area contributed by atoms with Gasteiger partial charge in [-0.25, -0.2) is 4.79 Å². The van der Waals surface area contributed by atoms with Crippen LogP contribution in [0.2, 0.25) is 0 Å². The molecule has 1 fully saturated rings. The Hall–Kier alpha value is -1.62. The Labute approximate surface area is 122 Å². The fraction of sp³-hybridized carbons (Fsp3) is 0.467. The first kappa shape index (κ1) is 14.8. The summed E-state index contributed by atoms with van der Waals surface area (Å²) in [5.41, 5.74) is 0.663. The molecule has 0 radical (unpaired) electrons. The molecule has 2 N–H and O–H groups in total. The molecule has 1 heterocycles. The molecule has 0 aromatic carbocycles. The van der Waals surface area contributed by atoms with E-state index in [0.717, 1.165) is 24.8 Å². The van der Waals surface area contributed by atoms with Gasteiger partial charge in [0.05, 0.1) is 4.88 Å². The summed E-state index contributed by atoms with van der Waals surface area (Å²) in [6.07, 6.45) is 7.05. The lowest BCUT2D eigenvalue weighted by Crippen LogP contribution is -2.34. The van der Waals surface area contributed by atoms with E-state index < -0.39 is 5.97 Å². The lowest BCUT2D eigenvalue weighted by Gasteiger charge is -2.16. The van der Waals surface area contributed by atoms with E-state index in [2.05, 4.69) is 12.2 Å². The van der Waals surface area contributed by atoms with Crippen molar-refractivity contribution >= 4 is 29.3 Å². The summed E-state index contributed by atoms with van der Waals surface area (Å²) in [6, 6.07) is 1.98. The van der Waals surface area contributed by atoms with Gasteiger partial charge >= 0.3 is 5.97 Å². The van der Waals surface area contributed by atoms with Gasteiger partial charge in [0.15, 0.2) is 0 Å². The second kappa shape index (κ2) is 6.70. The van der Waals surface area contributed by atoms with E-state index in [1.165, 1.54) is 30.3 Å². The molecule has 0 spiro atoms. The predicted octanol–water partition coefficient (Wildman–Crippen LogP) is 3.15. The molecule has 1 aliphatic carbocycles.